The molecule has 0 bridgehead atoms. The van der Waals surface area contributed by atoms with Crippen molar-refractivity contribution in [2.24, 2.45) is 5.92 Å². The minimum Gasteiger partial charge on any atom is -0.490 e. The molecule has 1 unspecified atom stereocenters. The Balaban J connectivity index is 1.27. The van der Waals surface area contributed by atoms with E-state index in [0.717, 1.165) is 24.8 Å². The van der Waals surface area contributed by atoms with Crippen LogP contribution >= 0.6 is 0 Å². The van der Waals surface area contributed by atoms with Crippen molar-refractivity contribution in [3.05, 3.63) is 59.9 Å². The van der Waals surface area contributed by atoms with Gasteiger partial charge in [0.15, 0.2) is 0 Å². The Kier molecular flexibility index (Phi) is 6.59. The summed E-state index contributed by atoms with van der Waals surface area (Å²) in [5, 5.41) is 2.90. The monoisotopic (exact) mass is 409 g/mol. The number of nitrogens with zero attached hydrogens (tertiary/aromatic N) is 2. The van der Waals surface area contributed by atoms with Crippen LogP contribution in [0, 0.1) is 5.92 Å². The summed E-state index contributed by atoms with van der Waals surface area (Å²) in [6.07, 6.45) is 5.88. The fourth-order valence-electron chi connectivity index (χ4n) is 3.87. The molecule has 2 aliphatic heterocycles. The van der Waals surface area contributed by atoms with E-state index in [2.05, 4.69) is 10.3 Å². The van der Waals surface area contributed by atoms with Crippen molar-refractivity contribution >= 4 is 11.8 Å². The summed E-state index contributed by atoms with van der Waals surface area (Å²) in [6.45, 7) is 3.06. The van der Waals surface area contributed by atoms with Gasteiger partial charge in [-0.2, -0.15) is 0 Å². The van der Waals surface area contributed by atoms with E-state index >= 15 is 0 Å². The van der Waals surface area contributed by atoms with Gasteiger partial charge in [0.2, 0.25) is 5.91 Å². The van der Waals surface area contributed by atoms with Crippen LogP contribution in [-0.4, -0.2) is 54.1 Å². The number of pyridine rings is 1. The van der Waals surface area contributed by atoms with Crippen molar-refractivity contribution < 1.29 is 19.1 Å². The maximum Gasteiger partial charge on any atom is 0.251 e. The number of aromatic nitrogens is 1. The predicted molar refractivity (Wildman–Crippen MR) is 111 cm³/mol. The van der Waals surface area contributed by atoms with Gasteiger partial charge in [-0.15, -0.1) is 0 Å². The summed E-state index contributed by atoms with van der Waals surface area (Å²) in [4.78, 5) is 31.0. The lowest BCUT2D eigenvalue weighted by atomic mass is 10.0. The smallest absolute Gasteiger partial charge is 0.251 e. The van der Waals surface area contributed by atoms with Crippen molar-refractivity contribution in [1.82, 2.24) is 15.2 Å². The van der Waals surface area contributed by atoms with Gasteiger partial charge in [0.05, 0.1) is 12.5 Å². The third kappa shape index (κ3) is 5.16. The average molecular weight is 409 g/mol. The molecule has 0 saturated carbocycles. The molecular weight excluding hydrogens is 382 g/mol. The molecule has 2 aromatic rings. The molecule has 30 heavy (non-hydrogen) atoms. The average Bonchev–Trinajstić information content (AvgIpc) is 3.33. The topological polar surface area (TPSA) is 80.8 Å². The zero-order chi connectivity index (χ0) is 20.8. The first-order valence-corrected chi connectivity index (χ1v) is 10.5. The first-order chi connectivity index (χ1) is 14.7. The molecule has 0 aliphatic carbocycles. The molecule has 2 amide bonds. The molecule has 7 heteroatoms. The van der Waals surface area contributed by atoms with E-state index in [1.807, 2.05) is 29.2 Å². The highest BCUT2D eigenvalue weighted by atomic mass is 16.5. The number of likely N-dealkylation sites (tertiary alicyclic amines) is 1. The van der Waals surface area contributed by atoms with Gasteiger partial charge >= 0.3 is 0 Å². The number of nitrogens with one attached hydrogen (secondary N) is 1. The summed E-state index contributed by atoms with van der Waals surface area (Å²) < 4.78 is 11.4. The van der Waals surface area contributed by atoms with E-state index < -0.39 is 0 Å². The number of carbonyl (C=O) groups is 2. The molecule has 2 aliphatic rings. The van der Waals surface area contributed by atoms with Crippen LogP contribution in [0.4, 0.5) is 0 Å². The molecular formula is C23H27N3O4. The van der Waals surface area contributed by atoms with E-state index in [1.165, 1.54) is 0 Å². The van der Waals surface area contributed by atoms with Crippen molar-refractivity contribution in [3.63, 3.8) is 0 Å². The number of carbonyl (C=O) groups excluding carboxylic acids is 2. The van der Waals surface area contributed by atoms with Crippen LogP contribution in [0.15, 0.2) is 48.8 Å². The Bertz CT molecular complexity index is 860. The fraction of sp³-hybridized carbons (Fsp3) is 0.435. The van der Waals surface area contributed by atoms with Crippen molar-refractivity contribution in [1.29, 1.82) is 0 Å². The number of piperidine rings is 1. The SMILES string of the molecule is O=C(NCc1cccnc1)c1cccc(OC2CCN(C(=O)C3CCOC3)CC2)c1. The van der Waals surface area contributed by atoms with Gasteiger partial charge in [-0.05, 0) is 36.2 Å². The second-order valence-electron chi connectivity index (χ2n) is 7.77. The molecule has 1 atom stereocenters. The Labute approximate surface area is 176 Å². The number of rotatable bonds is 6. The molecule has 3 heterocycles. The second-order valence-corrected chi connectivity index (χ2v) is 7.77. The molecule has 158 valence electrons. The maximum absolute atomic E-state index is 12.5. The summed E-state index contributed by atoms with van der Waals surface area (Å²) >= 11 is 0. The molecule has 2 fully saturated rings. The molecule has 1 aromatic carbocycles. The zero-order valence-corrected chi connectivity index (χ0v) is 17.0. The molecule has 0 spiro atoms. The fourth-order valence-corrected chi connectivity index (χ4v) is 3.87. The van der Waals surface area contributed by atoms with Crippen LogP contribution < -0.4 is 10.1 Å². The summed E-state index contributed by atoms with van der Waals surface area (Å²) in [6, 6.07) is 11.0. The summed E-state index contributed by atoms with van der Waals surface area (Å²) in [5.74, 6) is 0.754. The standard InChI is InChI=1S/C23H27N3O4/c27-22(25-15-17-3-2-9-24-14-17)18-4-1-5-21(13-18)30-20-6-10-26(11-7-20)23(28)19-8-12-29-16-19/h1-5,9,13-14,19-20H,6-8,10-12,15-16H2,(H,25,27). The predicted octanol–water partition coefficient (Wildman–Crippen LogP) is 2.42. The van der Waals surface area contributed by atoms with Gasteiger partial charge in [-0.3, -0.25) is 14.6 Å². The van der Waals surface area contributed by atoms with Crippen molar-refractivity contribution in [2.75, 3.05) is 26.3 Å². The van der Waals surface area contributed by atoms with E-state index in [0.29, 0.717) is 44.2 Å². The van der Waals surface area contributed by atoms with Gasteiger partial charge in [0.25, 0.3) is 5.91 Å². The van der Waals surface area contributed by atoms with E-state index in [9.17, 15) is 9.59 Å². The lowest BCUT2D eigenvalue weighted by molar-refractivity contribution is -0.137. The van der Waals surface area contributed by atoms with Crippen LogP contribution in [0.3, 0.4) is 0 Å². The largest absolute Gasteiger partial charge is 0.490 e. The van der Waals surface area contributed by atoms with E-state index in [4.69, 9.17) is 9.47 Å². The molecule has 1 N–H and O–H groups in total. The van der Waals surface area contributed by atoms with Crippen LogP contribution in [0.25, 0.3) is 0 Å². The molecule has 7 nitrogen and oxygen atoms in total. The quantitative estimate of drug-likeness (QED) is 0.793. The first-order valence-electron chi connectivity index (χ1n) is 10.5. The second kappa shape index (κ2) is 9.71. The molecule has 1 aromatic heterocycles. The molecule has 4 rings (SSSR count). The Morgan fingerprint density at radius 3 is 2.77 bits per heavy atom. The van der Waals surface area contributed by atoms with Gasteiger partial charge in [0.1, 0.15) is 11.9 Å². The third-order valence-corrected chi connectivity index (χ3v) is 5.61. The van der Waals surface area contributed by atoms with Crippen LogP contribution in [-0.2, 0) is 16.1 Å². The highest BCUT2D eigenvalue weighted by molar-refractivity contribution is 5.94. The number of ether oxygens (including phenoxy) is 2. The normalized spacial score (nSPS) is 19.5. The lowest BCUT2D eigenvalue weighted by Crippen LogP contribution is -2.44. The molecule has 0 radical (unpaired) electrons. The third-order valence-electron chi connectivity index (χ3n) is 5.61. The minimum absolute atomic E-state index is 0.0179. The Morgan fingerprint density at radius 2 is 2.03 bits per heavy atom. The number of hydrogen-bond acceptors (Lipinski definition) is 5. The van der Waals surface area contributed by atoms with Crippen molar-refractivity contribution in [3.8, 4) is 5.75 Å². The van der Waals surface area contributed by atoms with Gasteiger partial charge in [-0.25, -0.2) is 0 Å². The Morgan fingerprint density at radius 1 is 1.17 bits per heavy atom. The number of benzene rings is 1. The highest BCUT2D eigenvalue weighted by Gasteiger charge is 2.31. The van der Waals surface area contributed by atoms with Crippen LogP contribution in [0.5, 0.6) is 5.75 Å². The molecule has 2 saturated heterocycles. The van der Waals surface area contributed by atoms with E-state index in [1.54, 1.807) is 24.5 Å². The van der Waals surface area contributed by atoms with Gasteiger partial charge < -0.3 is 19.7 Å². The summed E-state index contributed by atoms with van der Waals surface area (Å²) in [5.41, 5.74) is 1.51. The zero-order valence-electron chi connectivity index (χ0n) is 17.0. The van der Waals surface area contributed by atoms with Gasteiger partial charge in [0, 0.05) is 57.0 Å². The first kappa shape index (κ1) is 20.3. The number of amides is 2. The van der Waals surface area contributed by atoms with Crippen molar-refractivity contribution in [2.45, 2.75) is 31.9 Å². The van der Waals surface area contributed by atoms with Gasteiger partial charge in [-0.1, -0.05) is 12.1 Å². The van der Waals surface area contributed by atoms with Crippen LogP contribution in [0.2, 0.25) is 0 Å². The van der Waals surface area contributed by atoms with E-state index in [-0.39, 0.29) is 23.8 Å². The summed E-state index contributed by atoms with van der Waals surface area (Å²) in [7, 11) is 0. The lowest BCUT2D eigenvalue weighted by Gasteiger charge is -2.33. The Hall–Kier alpha value is -2.93. The maximum atomic E-state index is 12.5. The number of hydrogen-bond donors (Lipinski definition) is 1. The minimum atomic E-state index is -0.150. The highest BCUT2D eigenvalue weighted by Crippen LogP contribution is 2.23. The van der Waals surface area contributed by atoms with Crippen LogP contribution in [0.1, 0.15) is 35.2 Å².